The van der Waals surface area contributed by atoms with Gasteiger partial charge in [0.15, 0.2) is 0 Å². The van der Waals surface area contributed by atoms with Crippen LogP contribution in [0, 0.1) is 0 Å². The van der Waals surface area contributed by atoms with Gasteiger partial charge in [0.2, 0.25) is 0 Å². The monoisotopic (exact) mass is 350 g/mol. The van der Waals surface area contributed by atoms with Crippen LogP contribution in [0.4, 0.5) is 0 Å². The Morgan fingerprint density at radius 2 is 1.58 bits per heavy atom. The van der Waals surface area contributed by atoms with Crippen LogP contribution in [0.1, 0.15) is 46.0 Å². The zero-order valence-electron chi connectivity index (χ0n) is 14.9. The van der Waals surface area contributed by atoms with Crippen molar-refractivity contribution in [1.82, 2.24) is 20.6 Å². The highest BCUT2D eigenvalue weighted by Gasteiger charge is 2.08. The second-order valence-corrected chi connectivity index (χ2v) is 6.42. The smallest absolute Gasteiger partial charge is 0.251 e. The highest BCUT2D eigenvalue weighted by molar-refractivity contribution is 5.97. The minimum atomic E-state index is -0.183. The molecule has 0 unspecified atom stereocenters. The lowest BCUT2D eigenvalue weighted by atomic mass is 10.0. The highest BCUT2D eigenvalue weighted by Crippen LogP contribution is 2.14. The molecule has 0 saturated carbocycles. The Morgan fingerprint density at radius 3 is 2.23 bits per heavy atom. The number of hydrogen-bond donors (Lipinski definition) is 3. The van der Waals surface area contributed by atoms with Crippen LogP contribution >= 0.6 is 0 Å². The van der Waals surface area contributed by atoms with Gasteiger partial charge in [-0.05, 0) is 41.8 Å². The third-order valence-electron chi connectivity index (χ3n) is 4.22. The molecule has 0 bridgehead atoms. The standard InChI is InChI=1S/C20H22N4O2/c1-13(2)14-3-5-15(6-4-14)19(25)21-9-10-22-20(26)16-7-8-17-18(11-16)24-12-23-17/h3-8,11-13H,9-10H2,1-2H3,(H,21,25)(H,22,26)(H,23,24). The first-order valence-corrected chi connectivity index (χ1v) is 8.64. The van der Waals surface area contributed by atoms with Crippen LogP contribution in [-0.4, -0.2) is 34.9 Å². The third kappa shape index (κ3) is 4.08. The van der Waals surface area contributed by atoms with Crippen molar-refractivity contribution in [1.29, 1.82) is 0 Å². The Hall–Kier alpha value is -3.15. The fourth-order valence-electron chi connectivity index (χ4n) is 2.65. The van der Waals surface area contributed by atoms with E-state index in [0.717, 1.165) is 11.0 Å². The third-order valence-corrected chi connectivity index (χ3v) is 4.22. The van der Waals surface area contributed by atoms with E-state index < -0.39 is 0 Å². The average molecular weight is 350 g/mol. The Morgan fingerprint density at radius 1 is 0.962 bits per heavy atom. The second kappa shape index (κ2) is 7.82. The molecule has 2 amide bonds. The largest absolute Gasteiger partial charge is 0.350 e. The summed E-state index contributed by atoms with van der Waals surface area (Å²) in [7, 11) is 0. The minimum Gasteiger partial charge on any atom is -0.350 e. The number of fused-ring (bicyclic) bond motifs is 1. The summed E-state index contributed by atoms with van der Waals surface area (Å²) in [6.07, 6.45) is 1.59. The van der Waals surface area contributed by atoms with Crippen molar-refractivity contribution in [3.05, 3.63) is 65.5 Å². The number of rotatable bonds is 6. The van der Waals surface area contributed by atoms with Crippen molar-refractivity contribution in [2.75, 3.05) is 13.1 Å². The van der Waals surface area contributed by atoms with Crippen molar-refractivity contribution in [3.8, 4) is 0 Å². The number of amides is 2. The maximum Gasteiger partial charge on any atom is 0.251 e. The molecule has 0 spiro atoms. The van der Waals surface area contributed by atoms with E-state index in [0.29, 0.717) is 30.1 Å². The SMILES string of the molecule is CC(C)c1ccc(C(=O)NCCNC(=O)c2ccc3nc[nH]c3c2)cc1. The Labute approximate surface area is 152 Å². The van der Waals surface area contributed by atoms with Crippen LogP contribution in [0.5, 0.6) is 0 Å². The number of hydrogen-bond acceptors (Lipinski definition) is 3. The van der Waals surface area contributed by atoms with Crippen molar-refractivity contribution >= 4 is 22.8 Å². The number of nitrogens with zero attached hydrogens (tertiary/aromatic N) is 1. The molecule has 6 nitrogen and oxygen atoms in total. The Balaban J connectivity index is 1.47. The van der Waals surface area contributed by atoms with E-state index in [4.69, 9.17) is 0 Å². The molecule has 6 heteroatoms. The molecule has 26 heavy (non-hydrogen) atoms. The van der Waals surface area contributed by atoms with Gasteiger partial charge in [-0.3, -0.25) is 9.59 Å². The maximum atomic E-state index is 12.2. The molecule has 0 aliphatic carbocycles. The number of carbonyl (C=O) groups is 2. The molecule has 0 radical (unpaired) electrons. The van der Waals surface area contributed by atoms with Crippen LogP contribution < -0.4 is 10.6 Å². The summed E-state index contributed by atoms with van der Waals surface area (Å²) in [4.78, 5) is 31.4. The number of imidazole rings is 1. The molecular weight excluding hydrogens is 328 g/mol. The number of carbonyl (C=O) groups excluding carboxylic acids is 2. The van der Waals surface area contributed by atoms with Gasteiger partial charge in [0, 0.05) is 24.2 Å². The van der Waals surface area contributed by atoms with E-state index in [1.807, 2.05) is 24.3 Å². The molecule has 1 aromatic heterocycles. The lowest BCUT2D eigenvalue weighted by Crippen LogP contribution is -2.34. The van der Waals surface area contributed by atoms with Gasteiger partial charge in [-0.1, -0.05) is 26.0 Å². The van der Waals surface area contributed by atoms with Crippen molar-refractivity contribution in [2.24, 2.45) is 0 Å². The highest BCUT2D eigenvalue weighted by atomic mass is 16.2. The van der Waals surface area contributed by atoms with Gasteiger partial charge in [-0.2, -0.15) is 0 Å². The number of H-pyrrole nitrogens is 1. The molecule has 1 heterocycles. The van der Waals surface area contributed by atoms with Gasteiger partial charge in [0.1, 0.15) is 0 Å². The first kappa shape index (κ1) is 17.7. The predicted molar refractivity (Wildman–Crippen MR) is 101 cm³/mol. The molecule has 0 aliphatic rings. The van der Waals surface area contributed by atoms with Crippen molar-refractivity contribution in [2.45, 2.75) is 19.8 Å². The van der Waals surface area contributed by atoms with Gasteiger partial charge in [0.05, 0.1) is 17.4 Å². The van der Waals surface area contributed by atoms with Crippen LogP contribution in [0.2, 0.25) is 0 Å². The summed E-state index contributed by atoms with van der Waals surface area (Å²) in [6.45, 7) is 4.95. The Bertz CT molecular complexity index is 913. The zero-order valence-corrected chi connectivity index (χ0v) is 14.9. The molecule has 134 valence electrons. The molecule has 0 fully saturated rings. The summed E-state index contributed by atoms with van der Waals surface area (Å²) < 4.78 is 0. The molecule has 3 rings (SSSR count). The first-order valence-electron chi connectivity index (χ1n) is 8.64. The summed E-state index contributed by atoms with van der Waals surface area (Å²) in [6, 6.07) is 12.9. The van der Waals surface area contributed by atoms with Gasteiger partial charge in [-0.25, -0.2) is 4.98 Å². The average Bonchev–Trinajstić information content (AvgIpc) is 3.12. The number of benzene rings is 2. The van der Waals surface area contributed by atoms with E-state index in [2.05, 4.69) is 34.4 Å². The van der Waals surface area contributed by atoms with Gasteiger partial charge < -0.3 is 15.6 Å². The Kier molecular flexibility index (Phi) is 5.31. The van der Waals surface area contributed by atoms with Gasteiger partial charge in [-0.15, -0.1) is 0 Å². The van der Waals surface area contributed by atoms with Crippen LogP contribution in [0.25, 0.3) is 11.0 Å². The topological polar surface area (TPSA) is 86.9 Å². The molecule has 0 aliphatic heterocycles. The second-order valence-electron chi connectivity index (χ2n) is 6.42. The van der Waals surface area contributed by atoms with E-state index in [1.54, 1.807) is 24.5 Å². The van der Waals surface area contributed by atoms with Crippen molar-refractivity contribution in [3.63, 3.8) is 0 Å². The van der Waals surface area contributed by atoms with Crippen LogP contribution in [0.3, 0.4) is 0 Å². The predicted octanol–water partition coefficient (Wildman–Crippen LogP) is 2.85. The maximum absolute atomic E-state index is 12.2. The summed E-state index contributed by atoms with van der Waals surface area (Å²) in [5.74, 6) is 0.105. The fraction of sp³-hybridized carbons (Fsp3) is 0.250. The fourth-order valence-corrected chi connectivity index (χ4v) is 2.65. The van der Waals surface area contributed by atoms with Crippen molar-refractivity contribution < 1.29 is 9.59 Å². The van der Waals surface area contributed by atoms with Crippen LogP contribution in [0.15, 0.2) is 48.8 Å². The quantitative estimate of drug-likeness (QED) is 0.598. The summed E-state index contributed by atoms with van der Waals surface area (Å²) in [5.41, 5.74) is 4.00. The lowest BCUT2D eigenvalue weighted by molar-refractivity contribution is 0.0927. The zero-order chi connectivity index (χ0) is 18.5. The number of aromatic amines is 1. The lowest BCUT2D eigenvalue weighted by Gasteiger charge is -2.09. The molecule has 3 N–H and O–H groups in total. The summed E-state index contributed by atoms with van der Waals surface area (Å²) >= 11 is 0. The van der Waals surface area contributed by atoms with E-state index in [-0.39, 0.29) is 11.8 Å². The van der Waals surface area contributed by atoms with E-state index >= 15 is 0 Å². The van der Waals surface area contributed by atoms with E-state index in [1.165, 1.54) is 5.56 Å². The molecular formula is C20H22N4O2. The molecule has 2 aromatic carbocycles. The number of nitrogens with one attached hydrogen (secondary N) is 3. The molecule has 0 atom stereocenters. The molecule has 3 aromatic rings. The normalized spacial score (nSPS) is 10.9. The minimum absolute atomic E-state index is 0.145. The summed E-state index contributed by atoms with van der Waals surface area (Å²) in [5, 5.41) is 5.61. The van der Waals surface area contributed by atoms with Crippen LogP contribution in [-0.2, 0) is 0 Å². The number of aromatic nitrogens is 2. The van der Waals surface area contributed by atoms with Gasteiger partial charge in [0.25, 0.3) is 11.8 Å². The first-order chi connectivity index (χ1) is 12.5. The van der Waals surface area contributed by atoms with E-state index in [9.17, 15) is 9.59 Å². The molecule has 0 saturated heterocycles. The van der Waals surface area contributed by atoms with Gasteiger partial charge >= 0.3 is 0 Å².